The highest BCUT2D eigenvalue weighted by atomic mass is 16.2. The zero-order valence-corrected chi connectivity index (χ0v) is 14.1. The second-order valence-corrected chi connectivity index (χ2v) is 5.87. The van der Waals surface area contributed by atoms with Crippen molar-refractivity contribution >= 4 is 23.1 Å². The van der Waals surface area contributed by atoms with Crippen LogP contribution in [0.25, 0.3) is 22.6 Å². The molecule has 4 aromatic rings. The lowest BCUT2D eigenvalue weighted by atomic mass is 10.2. The van der Waals surface area contributed by atoms with Gasteiger partial charge < -0.3 is 15.6 Å². The number of benzene rings is 1. The zero-order valence-electron chi connectivity index (χ0n) is 14.1. The summed E-state index contributed by atoms with van der Waals surface area (Å²) in [6.07, 6.45) is 3.34. The molecule has 8 heteroatoms. The minimum absolute atomic E-state index is 0.0892. The molecule has 0 aliphatic carbocycles. The van der Waals surface area contributed by atoms with E-state index in [-0.39, 0.29) is 12.0 Å². The van der Waals surface area contributed by atoms with Crippen LogP contribution in [-0.2, 0) is 13.6 Å². The number of nitrogens with one attached hydrogen (secondary N) is 1. The highest BCUT2D eigenvalue weighted by molar-refractivity contribution is 5.93. The Morgan fingerprint density at radius 1 is 1.15 bits per heavy atom. The molecule has 4 rings (SSSR count). The molecule has 0 atom stereocenters. The van der Waals surface area contributed by atoms with Crippen molar-refractivity contribution in [2.75, 3.05) is 5.73 Å². The average molecular weight is 347 g/mol. The lowest BCUT2D eigenvalue weighted by Gasteiger charge is -2.08. The van der Waals surface area contributed by atoms with E-state index in [0.717, 1.165) is 11.3 Å². The third-order valence-electron chi connectivity index (χ3n) is 4.11. The van der Waals surface area contributed by atoms with Crippen molar-refractivity contribution in [2.24, 2.45) is 7.05 Å². The van der Waals surface area contributed by atoms with Gasteiger partial charge in [0.05, 0.1) is 5.69 Å². The normalized spacial score (nSPS) is 11.0. The highest BCUT2D eigenvalue weighted by Gasteiger charge is 2.18. The van der Waals surface area contributed by atoms with Gasteiger partial charge in [-0.3, -0.25) is 0 Å². The van der Waals surface area contributed by atoms with Gasteiger partial charge in [-0.25, -0.2) is 19.3 Å². The molecule has 8 nitrogen and oxygen atoms in total. The lowest BCUT2D eigenvalue weighted by Crippen LogP contribution is -2.27. The van der Waals surface area contributed by atoms with Crippen LogP contribution in [0.1, 0.15) is 5.56 Å². The number of rotatable bonds is 3. The fourth-order valence-corrected chi connectivity index (χ4v) is 2.81. The Hall–Kier alpha value is -3.68. The Labute approximate surface area is 149 Å². The molecule has 0 radical (unpaired) electrons. The van der Waals surface area contributed by atoms with Gasteiger partial charge in [-0.05, 0) is 17.7 Å². The molecule has 1 amide bonds. The smallest absolute Gasteiger partial charge is 0.328 e. The second-order valence-electron chi connectivity index (χ2n) is 5.87. The summed E-state index contributed by atoms with van der Waals surface area (Å²) in [5.41, 5.74) is 9.21. The Morgan fingerprint density at radius 2 is 1.96 bits per heavy atom. The fraction of sp³-hybridized carbons (Fsp3) is 0.111. The van der Waals surface area contributed by atoms with E-state index in [2.05, 4.69) is 20.3 Å². The minimum Gasteiger partial charge on any atom is -0.368 e. The van der Waals surface area contributed by atoms with Crippen molar-refractivity contribution in [3.05, 3.63) is 60.6 Å². The number of nitrogen functional groups attached to an aromatic ring is 1. The Morgan fingerprint density at radius 3 is 2.69 bits per heavy atom. The van der Waals surface area contributed by atoms with Crippen LogP contribution in [0.3, 0.4) is 0 Å². The van der Waals surface area contributed by atoms with Crippen LogP contribution in [0.5, 0.6) is 0 Å². The molecule has 0 unspecified atom stereocenters. The molecule has 1 aromatic carbocycles. The quantitative estimate of drug-likeness (QED) is 0.591. The van der Waals surface area contributed by atoms with Gasteiger partial charge in [-0.2, -0.15) is 4.98 Å². The second kappa shape index (κ2) is 6.32. The standard InChI is InChI=1S/C18H17N7O/c1-24-9-5-8-13(24)14-15-16(23-17(19)22-14)25(11-21-15)18(26)20-10-12-6-3-2-4-7-12/h2-9,11H,10H2,1H3,(H,20,26)(H2,19,22,23). The molecule has 3 aromatic heterocycles. The number of hydrogen-bond acceptors (Lipinski definition) is 5. The molecule has 0 saturated heterocycles. The topological polar surface area (TPSA) is 104 Å². The summed E-state index contributed by atoms with van der Waals surface area (Å²) in [4.78, 5) is 25.4. The number of nitrogens with zero attached hydrogens (tertiary/aromatic N) is 5. The van der Waals surface area contributed by atoms with Crippen LogP contribution < -0.4 is 11.1 Å². The maximum Gasteiger partial charge on any atom is 0.328 e. The number of amides is 1. The molecule has 0 spiro atoms. The van der Waals surface area contributed by atoms with E-state index in [1.165, 1.54) is 10.9 Å². The molecule has 0 saturated carbocycles. The molecule has 3 N–H and O–H groups in total. The average Bonchev–Trinajstić information content (AvgIpc) is 3.26. The molecular formula is C18H17N7O. The van der Waals surface area contributed by atoms with Crippen molar-refractivity contribution in [1.82, 2.24) is 29.4 Å². The lowest BCUT2D eigenvalue weighted by molar-refractivity contribution is 0.242. The van der Waals surface area contributed by atoms with E-state index in [1.54, 1.807) is 0 Å². The summed E-state index contributed by atoms with van der Waals surface area (Å²) < 4.78 is 3.26. The SMILES string of the molecule is Cn1cccc1-c1nc(N)nc2c1ncn2C(=O)NCc1ccccc1. The molecule has 3 heterocycles. The van der Waals surface area contributed by atoms with E-state index < -0.39 is 0 Å². The van der Waals surface area contributed by atoms with Crippen molar-refractivity contribution in [3.63, 3.8) is 0 Å². The van der Waals surface area contributed by atoms with Crippen LogP contribution in [0.2, 0.25) is 0 Å². The molecule has 0 fully saturated rings. The summed E-state index contributed by atoms with van der Waals surface area (Å²) in [6.45, 7) is 0.407. The minimum atomic E-state index is -0.327. The van der Waals surface area contributed by atoms with E-state index in [1.807, 2.05) is 60.3 Å². The van der Waals surface area contributed by atoms with Crippen LogP contribution in [0, 0.1) is 0 Å². The summed E-state index contributed by atoms with van der Waals surface area (Å²) in [6, 6.07) is 13.2. The predicted molar refractivity (Wildman–Crippen MR) is 98.2 cm³/mol. The number of anilines is 1. The summed E-state index contributed by atoms with van der Waals surface area (Å²) >= 11 is 0. The Balaban J connectivity index is 1.70. The zero-order chi connectivity index (χ0) is 18.1. The molecule has 130 valence electrons. The number of imidazole rings is 1. The van der Waals surface area contributed by atoms with Gasteiger partial charge >= 0.3 is 6.03 Å². The predicted octanol–water partition coefficient (Wildman–Crippen LogP) is 2.17. The first kappa shape index (κ1) is 15.8. The largest absolute Gasteiger partial charge is 0.368 e. The third kappa shape index (κ3) is 2.77. The van der Waals surface area contributed by atoms with Crippen molar-refractivity contribution in [2.45, 2.75) is 6.54 Å². The molecule has 0 aliphatic rings. The van der Waals surface area contributed by atoms with Crippen LogP contribution >= 0.6 is 0 Å². The van der Waals surface area contributed by atoms with Gasteiger partial charge in [0.15, 0.2) is 5.65 Å². The van der Waals surface area contributed by atoms with E-state index in [9.17, 15) is 4.79 Å². The van der Waals surface area contributed by atoms with Gasteiger partial charge in [0, 0.05) is 19.8 Å². The molecular weight excluding hydrogens is 330 g/mol. The summed E-state index contributed by atoms with van der Waals surface area (Å²) in [7, 11) is 1.91. The first-order chi connectivity index (χ1) is 12.6. The highest BCUT2D eigenvalue weighted by Crippen LogP contribution is 2.25. The molecule has 0 bridgehead atoms. The number of carbonyl (C=O) groups excluding carboxylic acids is 1. The van der Waals surface area contributed by atoms with E-state index >= 15 is 0 Å². The Kier molecular flexibility index (Phi) is 3.85. The fourth-order valence-electron chi connectivity index (χ4n) is 2.81. The van der Waals surface area contributed by atoms with Crippen LogP contribution in [-0.4, -0.2) is 30.1 Å². The van der Waals surface area contributed by atoms with Gasteiger partial charge in [-0.1, -0.05) is 30.3 Å². The van der Waals surface area contributed by atoms with Gasteiger partial charge in [0.1, 0.15) is 17.5 Å². The maximum atomic E-state index is 12.6. The number of hydrogen-bond donors (Lipinski definition) is 2. The van der Waals surface area contributed by atoms with Crippen LogP contribution in [0.4, 0.5) is 10.7 Å². The van der Waals surface area contributed by atoms with Gasteiger partial charge in [-0.15, -0.1) is 0 Å². The monoisotopic (exact) mass is 347 g/mol. The molecule has 0 aliphatic heterocycles. The number of nitrogens with two attached hydrogens (primary N) is 1. The summed E-state index contributed by atoms with van der Waals surface area (Å²) in [5.74, 6) is 0.0892. The first-order valence-electron chi connectivity index (χ1n) is 8.08. The van der Waals surface area contributed by atoms with E-state index in [0.29, 0.717) is 23.4 Å². The maximum absolute atomic E-state index is 12.6. The Bertz CT molecular complexity index is 1080. The van der Waals surface area contributed by atoms with Crippen molar-refractivity contribution in [1.29, 1.82) is 0 Å². The third-order valence-corrected chi connectivity index (χ3v) is 4.11. The number of aromatic nitrogens is 5. The molecule has 26 heavy (non-hydrogen) atoms. The number of carbonyl (C=O) groups is 1. The van der Waals surface area contributed by atoms with Crippen LogP contribution in [0.15, 0.2) is 55.0 Å². The van der Waals surface area contributed by atoms with Crippen molar-refractivity contribution in [3.8, 4) is 11.4 Å². The van der Waals surface area contributed by atoms with Gasteiger partial charge in [0.2, 0.25) is 5.95 Å². The van der Waals surface area contributed by atoms with Crippen molar-refractivity contribution < 1.29 is 4.79 Å². The summed E-state index contributed by atoms with van der Waals surface area (Å²) in [5, 5.41) is 2.86. The number of fused-ring (bicyclic) bond motifs is 1. The van der Waals surface area contributed by atoms with Gasteiger partial charge in [0.25, 0.3) is 0 Å². The van der Waals surface area contributed by atoms with E-state index in [4.69, 9.17) is 5.73 Å². The number of aryl methyl sites for hydroxylation is 1. The first-order valence-corrected chi connectivity index (χ1v) is 8.08.